The normalized spacial score (nSPS) is 19.1. The summed E-state index contributed by atoms with van der Waals surface area (Å²) in [4.78, 5) is 2.49. The zero-order valence-electron chi connectivity index (χ0n) is 12.3. The molecule has 1 aliphatic heterocycles. The van der Waals surface area contributed by atoms with Crippen LogP contribution in [0.2, 0.25) is 0 Å². The summed E-state index contributed by atoms with van der Waals surface area (Å²) < 4.78 is 0. The Morgan fingerprint density at radius 3 is 2.55 bits per heavy atom. The SMILES string of the molecule is Cc1ccc(N2CCNC(c3ccccc3)C2)cc1C. The lowest BCUT2D eigenvalue weighted by atomic mass is 10.0. The smallest absolute Gasteiger partial charge is 0.0498 e. The number of nitrogens with zero attached hydrogens (tertiary/aromatic N) is 1. The van der Waals surface area contributed by atoms with Gasteiger partial charge in [0.2, 0.25) is 0 Å². The van der Waals surface area contributed by atoms with E-state index in [0.717, 1.165) is 19.6 Å². The number of benzene rings is 2. The Morgan fingerprint density at radius 2 is 1.80 bits per heavy atom. The maximum absolute atomic E-state index is 3.62. The van der Waals surface area contributed by atoms with Crippen molar-refractivity contribution < 1.29 is 0 Å². The van der Waals surface area contributed by atoms with E-state index in [1.54, 1.807) is 0 Å². The van der Waals surface area contributed by atoms with Gasteiger partial charge in [-0.05, 0) is 42.7 Å². The third kappa shape index (κ3) is 2.70. The van der Waals surface area contributed by atoms with Crippen molar-refractivity contribution in [3.63, 3.8) is 0 Å². The van der Waals surface area contributed by atoms with E-state index in [2.05, 4.69) is 72.6 Å². The predicted octanol–water partition coefficient (Wildman–Crippen LogP) is 3.45. The Balaban J connectivity index is 1.79. The van der Waals surface area contributed by atoms with Crippen LogP contribution in [0.5, 0.6) is 0 Å². The molecular weight excluding hydrogens is 244 g/mol. The maximum atomic E-state index is 3.62. The van der Waals surface area contributed by atoms with Crippen molar-refractivity contribution in [3.8, 4) is 0 Å². The Hall–Kier alpha value is -1.80. The third-order valence-electron chi connectivity index (χ3n) is 4.23. The van der Waals surface area contributed by atoms with E-state index in [4.69, 9.17) is 0 Å². The number of anilines is 1. The molecule has 104 valence electrons. The summed E-state index contributed by atoms with van der Waals surface area (Å²) in [6, 6.07) is 17.9. The standard InChI is InChI=1S/C18H22N2/c1-14-8-9-17(12-15(14)2)20-11-10-19-18(13-20)16-6-4-3-5-7-16/h3-9,12,18-19H,10-11,13H2,1-2H3. The molecule has 0 radical (unpaired) electrons. The van der Waals surface area contributed by atoms with E-state index >= 15 is 0 Å². The second-order valence-electron chi connectivity index (χ2n) is 5.63. The van der Waals surface area contributed by atoms with E-state index in [0.29, 0.717) is 6.04 Å². The summed E-state index contributed by atoms with van der Waals surface area (Å²) in [5.74, 6) is 0. The second kappa shape index (κ2) is 5.68. The molecule has 1 fully saturated rings. The van der Waals surface area contributed by atoms with E-state index in [9.17, 15) is 0 Å². The van der Waals surface area contributed by atoms with Gasteiger partial charge in [0.1, 0.15) is 0 Å². The average Bonchev–Trinajstić information content (AvgIpc) is 2.51. The van der Waals surface area contributed by atoms with Crippen molar-refractivity contribution in [1.82, 2.24) is 5.32 Å². The number of hydrogen-bond donors (Lipinski definition) is 1. The Morgan fingerprint density at radius 1 is 1.00 bits per heavy atom. The molecule has 1 atom stereocenters. The summed E-state index contributed by atoms with van der Waals surface area (Å²) in [5, 5.41) is 3.62. The first kappa shape index (κ1) is 13.2. The second-order valence-corrected chi connectivity index (χ2v) is 5.63. The molecule has 0 amide bonds. The lowest BCUT2D eigenvalue weighted by molar-refractivity contribution is 0.472. The highest BCUT2D eigenvalue weighted by atomic mass is 15.2. The van der Waals surface area contributed by atoms with Gasteiger partial charge in [0.25, 0.3) is 0 Å². The predicted molar refractivity (Wildman–Crippen MR) is 85.3 cm³/mol. The lowest BCUT2D eigenvalue weighted by Crippen LogP contribution is -2.45. The highest BCUT2D eigenvalue weighted by Crippen LogP contribution is 2.24. The minimum absolute atomic E-state index is 0.423. The van der Waals surface area contributed by atoms with Gasteiger partial charge in [-0.2, -0.15) is 0 Å². The largest absolute Gasteiger partial charge is 0.368 e. The molecular formula is C18H22N2. The Bertz CT molecular complexity index is 577. The molecule has 0 aliphatic carbocycles. The van der Waals surface area contributed by atoms with Crippen LogP contribution in [0.4, 0.5) is 5.69 Å². The quantitative estimate of drug-likeness (QED) is 0.895. The van der Waals surface area contributed by atoms with Crippen LogP contribution in [0.25, 0.3) is 0 Å². The molecule has 1 heterocycles. The van der Waals surface area contributed by atoms with Crippen molar-refractivity contribution in [2.45, 2.75) is 19.9 Å². The fourth-order valence-electron chi connectivity index (χ4n) is 2.82. The molecule has 0 bridgehead atoms. The summed E-state index contributed by atoms with van der Waals surface area (Å²) in [6.07, 6.45) is 0. The van der Waals surface area contributed by atoms with Crippen molar-refractivity contribution in [2.24, 2.45) is 0 Å². The Kier molecular flexibility index (Phi) is 3.75. The molecule has 1 unspecified atom stereocenters. The van der Waals surface area contributed by atoms with Gasteiger partial charge in [-0.3, -0.25) is 0 Å². The van der Waals surface area contributed by atoms with Crippen LogP contribution < -0.4 is 10.2 Å². The van der Waals surface area contributed by atoms with Crippen LogP contribution >= 0.6 is 0 Å². The van der Waals surface area contributed by atoms with Crippen LogP contribution in [0.1, 0.15) is 22.7 Å². The molecule has 3 rings (SSSR count). The zero-order chi connectivity index (χ0) is 13.9. The highest BCUT2D eigenvalue weighted by molar-refractivity contribution is 5.51. The fraction of sp³-hybridized carbons (Fsp3) is 0.333. The minimum Gasteiger partial charge on any atom is -0.368 e. The molecule has 0 spiro atoms. The van der Waals surface area contributed by atoms with E-state index in [1.807, 2.05) is 0 Å². The number of nitrogens with one attached hydrogen (secondary N) is 1. The van der Waals surface area contributed by atoms with Gasteiger partial charge < -0.3 is 10.2 Å². The van der Waals surface area contributed by atoms with Crippen molar-refractivity contribution >= 4 is 5.69 Å². The first-order chi connectivity index (χ1) is 9.74. The van der Waals surface area contributed by atoms with Gasteiger partial charge in [0, 0.05) is 31.4 Å². The van der Waals surface area contributed by atoms with Crippen LogP contribution in [0.3, 0.4) is 0 Å². The van der Waals surface area contributed by atoms with E-state index < -0.39 is 0 Å². The maximum Gasteiger partial charge on any atom is 0.0498 e. The molecule has 0 saturated carbocycles. The van der Waals surface area contributed by atoms with Crippen molar-refractivity contribution in [1.29, 1.82) is 0 Å². The molecule has 0 aromatic heterocycles. The number of hydrogen-bond acceptors (Lipinski definition) is 2. The molecule has 1 aliphatic rings. The topological polar surface area (TPSA) is 15.3 Å². The van der Waals surface area contributed by atoms with Crippen molar-refractivity contribution in [2.75, 3.05) is 24.5 Å². The first-order valence-electron chi connectivity index (χ1n) is 7.34. The lowest BCUT2D eigenvalue weighted by Gasteiger charge is -2.35. The average molecular weight is 266 g/mol. The molecule has 20 heavy (non-hydrogen) atoms. The van der Waals surface area contributed by atoms with Crippen molar-refractivity contribution in [3.05, 3.63) is 65.2 Å². The molecule has 2 heteroatoms. The first-order valence-corrected chi connectivity index (χ1v) is 7.34. The molecule has 2 nitrogen and oxygen atoms in total. The number of piperazine rings is 1. The summed E-state index contributed by atoms with van der Waals surface area (Å²) >= 11 is 0. The fourth-order valence-corrected chi connectivity index (χ4v) is 2.82. The van der Waals surface area contributed by atoms with Crippen LogP contribution in [-0.2, 0) is 0 Å². The zero-order valence-corrected chi connectivity index (χ0v) is 12.3. The monoisotopic (exact) mass is 266 g/mol. The van der Waals surface area contributed by atoms with Gasteiger partial charge >= 0.3 is 0 Å². The van der Waals surface area contributed by atoms with Gasteiger partial charge in [0.15, 0.2) is 0 Å². The summed E-state index contributed by atoms with van der Waals surface area (Å²) in [6.45, 7) is 7.50. The molecule has 1 saturated heterocycles. The van der Waals surface area contributed by atoms with Gasteiger partial charge in [-0.15, -0.1) is 0 Å². The van der Waals surface area contributed by atoms with Crippen LogP contribution in [-0.4, -0.2) is 19.6 Å². The molecule has 2 aromatic rings. The van der Waals surface area contributed by atoms with Crippen LogP contribution in [0.15, 0.2) is 48.5 Å². The third-order valence-corrected chi connectivity index (χ3v) is 4.23. The summed E-state index contributed by atoms with van der Waals surface area (Å²) in [7, 11) is 0. The molecule has 1 N–H and O–H groups in total. The van der Waals surface area contributed by atoms with E-state index in [-0.39, 0.29) is 0 Å². The van der Waals surface area contributed by atoms with Gasteiger partial charge in [0.05, 0.1) is 0 Å². The van der Waals surface area contributed by atoms with Gasteiger partial charge in [-0.25, -0.2) is 0 Å². The van der Waals surface area contributed by atoms with E-state index in [1.165, 1.54) is 22.4 Å². The minimum atomic E-state index is 0.423. The molecule has 2 aromatic carbocycles. The summed E-state index contributed by atoms with van der Waals surface area (Å²) in [5.41, 5.74) is 5.46. The number of rotatable bonds is 2. The number of aryl methyl sites for hydroxylation is 2. The van der Waals surface area contributed by atoms with Gasteiger partial charge in [-0.1, -0.05) is 36.4 Å². The Labute approximate surface area is 121 Å². The highest BCUT2D eigenvalue weighted by Gasteiger charge is 2.20. The van der Waals surface area contributed by atoms with Crippen LogP contribution in [0, 0.1) is 13.8 Å².